The zero-order chi connectivity index (χ0) is 21.2. The maximum atomic E-state index is 12.3. The minimum atomic E-state index is -0.646. The molecule has 0 aliphatic heterocycles. The van der Waals surface area contributed by atoms with Crippen LogP contribution in [0.5, 0.6) is 11.5 Å². The standard InChI is InChI=1S/C24H23NO5/c1-2-28-21-14-8-9-15-22(21)29-17-24(27)30-16-23(26)25-20-13-7-6-12-19(20)18-10-4-3-5-11-18/h3-15H,2,16-17H2,1H3,(H,25,26). The first kappa shape index (κ1) is 20.9. The van der Waals surface area contributed by atoms with Crippen molar-refractivity contribution in [1.29, 1.82) is 0 Å². The lowest BCUT2D eigenvalue weighted by Gasteiger charge is -2.12. The fourth-order valence-corrected chi connectivity index (χ4v) is 2.82. The van der Waals surface area contributed by atoms with Crippen LogP contribution in [-0.4, -0.2) is 31.7 Å². The second-order valence-electron chi connectivity index (χ2n) is 6.29. The number of amides is 1. The SMILES string of the molecule is CCOc1ccccc1OCC(=O)OCC(=O)Nc1ccccc1-c1ccccc1. The van der Waals surface area contributed by atoms with Crippen molar-refractivity contribution in [2.75, 3.05) is 25.1 Å². The van der Waals surface area contributed by atoms with E-state index in [9.17, 15) is 9.59 Å². The van der Waals surface area contributed by atoms with E-state index in [2.05, 4.69) is 5.32 Å². The highest BCUT2D eigenvalue weighted by Gasteiger charge is 2.12. The summed E-state index contributed by atoms with van der Waals surface area (Å²) in [5, 5.41) is 2.79. The molecule has 1 amide bonds. The number of carbonyl (C=O) groups excluding carboxylic acids is 2. The Hall–Kier alpha value is -3.80. The van der Waals surface area contributed by atoms with Crippen LogP contribution in [0.15, 0.2) is 78.9 Å². The Morgan fingerprint density at radius 1 is 0.767 bits per heavy atom. The average Bonchev–Trinajstić information content (AvgIpc) is 2.78. The molecule has 6 nitrogen and oxygen atoms in total. The number of ether oxygens (including phenoxy) is 3. The second-order valence-corrected chi connectivity index (χ2v) is 6.29. The van der Waals surface area contributed by atoms with Crippen LogP contribution >= 0.6 is 0 Å². The van der Waals surface area contributed by atoms with Gasteiger partial charge in [-0.2, -0.15) is 0 Å². The summed E-state index contributed by atoms with van der Waals surface area (Å²) in [6, 6.07) is 24.2. The van der Waals surface area contributed by atoms with Crippen molar-refractivity contribution >= 4 is 17.6 Å². The van der Waals surface area contributed by atoms with Crippen LogP contribution < -0.4 is 14.8 Å². The quantitative estimate of drug-likeness (QED) is 0.537. The van der Waals surface area contributed by atoms with E-state index in [1.54, 1.807) is 24.3 Å². The molecule has 0 radical (unpaired) electrons. The largest absolute Gasteiger partial charge is 0.490 e. The van der Waals surface area contributed by atoms with Crippen molar-refractivity contribution in [3.63, 3.8) is 0 Å². The first-order valence-corrected chi connectivity index (χ1v) is 9.62. The van der Waals surface area contributed by atoms with Crippen LogP contribution in [0.25, 0.3) is 11.1 Å². The molecule has 0 unspecified atom stereocenters. The van der Waals surface area contributed by atoms with E-state index >= 15 is 0 Å². The number of rotatable bonds is 9. The Bertz CT molecular complexity index is 988. The highest BCUT2D eigenvalue weighted by atomic mass is 16.6. The van der Waals surface area contributed by atoms with Gasteiger partial charge in [0, 0.05) is 11.3 Å². The summed E-state index contributed by atoms with van der Waals surface area (Å²) in [6.45, 7) is 1.62. The lowest BCUT2D eigenvalue weighted by Crippen LogP contribution is -2.24. The summed E-state index contributed by atoms with van der Waals surface area (Å²) in [7, 11) is 0. The smallest absolute Gasteiger partial charge is 0.344 e. The maximum Gasteiger partial charge on any atom is 0.344 e. The van der Waals surface area contributed by atoms with Crippen molar-refractivity contribution in [2.24, 2.45) is 0 Å². The Morgan fingerprint density at radius 2 is 1.40 bits per heavy atom. The molecule has 0 atom stereocenters. The highest BCUT2D eigenvalue weighted by Crippen LogP contribution is 2.28. The van der Waals surface area contributed by atoms with Gasteiger partial charge in [-0.3, -0.25) is 4.79 Å². The van der Waals surface area contributed by atoms with Crippen LogP contribution in [0.3, 0.4) is 0 Å². The first-order valence-electron chi connectivity index (χ1n) is 9.62. The van der Waals surface area contributed by atoms with Gasteiger partial charge < -0.3 is 19.5 Å². The third kappa shape index (κ3) is 5.85. The molecule has 0 fully saturated rings. The van der Waals surface area contributed by atoms with Crippen LogP contribution in [-0.2, 0) is 14.3 Å². The molecule has 0 aliphatic rings. The molecule has 6 heteroatoms. The molecule has 3 rings (SSSR count). The van der Waals surface area contributed by atoms with Gasteiger partial charge in [0.2, 0.25) is 0 Å². The minimum Gasteiger partial charge on any atom is -0.490 e. The average molecular weight is 405 g/mol. The van der Waals surface area contributed by atoms with Gasteiger partial charge in [-0.1, -0.05) is 60.7 Å². The molecule has 3 aromatic rings. The third-order valence-corrected chi connectivity index (χ3v) is 4.14. The number of benzene rings is 3. The third-order valence-electron chi connectivity index (χ3n) is 4.14. The fourth-order valence-electron chi connectivity index (χ4n) is 2.82. The Kier molecular flexibility index (Phi) is 7.44. The summed E-state index contributed by atoms with van der Waals surface area (Å²) in [5.41, 5.74) is 2.51. The Morgan fingerprint density at radius 3 is 2.13 bits per heavy atom. The summed E-state index contributed by atoms with van der Waals surface area (Å²) < 4.78 is 15.9. The van der Waals surface area contributed by atoms with Gasteiger partial charge in [-0.05, 0) is 30.7 Å². The minimum absolute atomic E-state index is 0.321. The van der Waals surface area contributed by atoms with E-state index < -0.39 is 18.5 Å². The van der Waals surface area contributed by atoms with Crippen molar-refractivity contribution in [2.45, 2.75) is 6.92 Å². The van der Waals surface area contributed by atoms with E-state index in [4.69, 9.17) is 14.2 Å². The zero-order valence-electron chi connectivity index (χ0n) is 16.7. The molecule has 0 heterocycles. The van der Waals surface area contributed by atoms with Gasteiger partial charge in [0.1, 0.15) is 0 Å². The maximum absolute atomic E-state index is 12.3. The van der Waals surface area contributed by atoms with Crippen LogP contribution in [0.4, 0.5) is 5.69 Å². The predicted molar refractivity (Wildman–Crippen MR) is 115 cm³/mol. The summed E-state index contributed by atoms with van der Waals surface area (Å²) in [4.78, 5) is 24.2. The Labute approximate surface area is 175 Å². The zero-order valence-corrected chi connectivity index (χ0v) is 16.7. The van der Waals surface area contributed by atoms with E-state index in [0.717, 1.165) is 11.1 Å². The Balaban J connectivity index is 1.52. The molecule has 0 bridgehead atoms. The van der Waals surface area contributed by atoms with E-state index in [0.29, 0.717) is 23.8 Å². The van der Waals surface area contributed by atoms with E-state index in [1.165, 1.54) is 0 Å². The molecular formula is C24H23NO5. The van der Waals surface area contributed by atoms with Crippen molar-refractivity contribution in [3.8, 4) is 22.6 Å². The van der Waals surface area contributed by atoms with Gasteiger partial charge in [-0.15, -0.1) is 0 Å². The van der Waals surface area contributed by atoms with Crippen LogP contribution in [0.2, 0.25) is 0 Å². The monoisotopic (exact) mass is 405 g/mol. The number of anilines is 1. The number of para-hydroxylation sites is 3. The van der Waals surface area contributed by atoms with Gasteiger partial charge in [0.15, 0.2) is 24.7 Å². The van der Waals surface area contributed by atoms with E-state index in [1.807, 2.05) is 61.5 Å². The molecule has 0 saturated heterocycles. The van der Waals surface area contributed by atoms with Gasteiger partial charge in [0.05, 0.1) is 6.61 Å². The normalized spacial score (nSPS) is 10.2. The molecule has 154 valence electrons. The number of carbonyl (C=O) groups is 2. The molecular weight excluding hydrogens is 382 g/mol. The molecule has 1 N–H and O–H groups in total. The van der Waals surface area contributed by atoms with Crippen LogP contribution in [0.1, 0.15) is 6.92 Å². The summed E-state index contributed by atoms with van der Waals surface area (Å²) in [6.07, 6.45) is 0. The fraction of sp³-hybridized carbons (Fsp3) is 0.167. The molecule has 0 aliphatic carbocycles. The number of hydrogen-bond acceptors (Lipinski definition) is 5. The van der Waals surface area contributed by atoms with Crippen molar-refractivity contribution in [3.05, 3.63) is 78.9 Å². The molecule has 3 aromatic carbocycles. The first-order chi connectivity index (χ1) is 14.7. The van der Waals surface area contributed by atoms with Gasteiger partial charge >= 0.3 is 5.97 Å². The molecule has 0 saturated carbocycles. The number of esters is 1. The molecule has 30 heavy (non-hydrogen) atoms. The topological polar surface area (TPSA) is 73.9 Å². The molecule has 0 aromatic heterocycles. The van der Waals surface area contributed by atoms with Gasteiger partial charge in [0.25, 0.3) is 5.91 Å². The molecule has 0 spiro atoms. The number of nitrogens with one attached hydrogen (secondary N) is 1. The lowest BCUT2D eigenvalue weighted by atomic mass is 10.0. The highest BCUT2D eigenvalue weighted by molar-refractivity contribution is 5.96. The van der Waals surface area contributed by atoms with Crippen LogP contribution in [0, 0.1) is 0 Å². The summed E-state index contributed by atoms with van der Waals surface area (Å²) >= 11 is 0. The lowest BCUT2D eigenvalue weighted by molar-refractivity contribution is -0.149. The van der Waals surface area contributed by atoms with E-state index in [-0.39, 0.29) is 6.61 Å². The van der Waals surface area contributed by atoms with Crippen molar-refractivity contribution in [1.82, 2.24) is 0 Å². The van der Waals surface area contributed by atoms with Gasteiger partial charge in [-0.25, -0.2) is 4.79 Å². The number of hydrogen-bond donors (Lipinski definition) is 1. The van der Waals surface area contributed by atoms with Crippen molar-refractivity contribution < 1.29 is 23.8 Å². The predicted octanol–water partition coefficient (Wildman–Crippen LogP) is 4.31. The second kappa shape index (κ2) is 10.7. The summed E-state index contributed by atoms with van der Waals surface area (Å²) in [5.74, 6) is -0.0881.